The van der Waals surface area contributed by atoms with Gasteiger partial charge in [-0.2, -0.15) is 0 Å². The van der Waals surface area contributed by atoms with Crippen molar-refractivity contribution in [1.82, 2.24) is 14.8 Å². The predicted octanol–water partition coefficient (Wildman–Crippen LogP) is 3.92. The van der Waals surface area contributed by atoms with E-state index in [0.717, 1.165) is 17.0 Å². The van der Waals surface area contributed by atoms with Crippen LogP contribution in [0.5, 0.6) is 5.75 Å². The van der Waals surface area contributed by atoms with Crippen LogP contribution in [-0.4, -0.2) is 38.5 Å². The van der Waals surface area contributed by atoms with E-state index in [-0.39, 0.29) is 23.0 Å². The maximum atomic E-state index is 12.4. The van der Waals surface area contributed by atoms with Crippen LogP contribution >= 0.6 is 11.8 Å². The summed E-state index contributed by atoms with van der Waals surface area (Å²) in [4.78, 5) is 22.9. The van der Waals surface area contributed by atoms with Crippen LogP contribution in [-0.2, 0) is 11.3 Å². The van der Waals surface area contributed by atoms with Gasteiger partial charge in [-0.05, 0) is 26.0 Å². The molecule has 2 aromatic carbocycles. The zero-order valence-electron chi connectivity index (χ0n) is 16.8. The second kappa shape index (κ2) is 9.40. The number of nitrogens with one attached hydrogen (secondary N) is 1. The van der Waals surface area contributed by atoms with Crippen LogP contribution < -0.4 is 10.1 Å². The molecule has 10 heteroatoms. The van der Waals surface area contributed by atoms with Gasteiger partial charge >= 0.3 is 0 Å². The lowest BCUT2D eigenvalue weighted by atomic mass is 10.1. The molecule has 156 valence electrons. The number of hydrogen-bond acceptors (Lipinski definition) is 7. The van der Waals surface area contributed by atoms with Crippen molar-refractivity contribution in [2.45, 2.75) is 25.5 Å². The maximum absolute atomic E-state index is 12.4. The number of anilines is 1. The van der Waals surface area contributed by atoms with Crippen LogP contribution in [0.2, 0.25) is 0 Å². The number of amides is 1. The van der Waals surface area contributed by atoms with E-state index < -0.39 is 4.92 Å². The lowest BCUT2D eigenvalue weighted by Gasteiger charge is -2.10. The van der Waals surface area contributed by atoms with Crippen molar-refractivity contribution in [2.24, 2.45) is 0 Å². The average molecular weight is 427 g/mol. The van der Waals surface area contributed by atoms with E-state index in [0.29, 0.717) is 17.5 Å². The molecular weight excluding hydrogens is 406 g/mol. The summed E-state index contributed by atoms with van der Waals surface area (Å²) in [5, 5.41) is 22.8. The minimum atomic E-state index is -0.527. The topological polar surface area (TPSA) is 112 Å². The van der Waals surface area contributed by atoms with E-state index in [1.165, 1.54) is 37.1 Å². The lowest BCUT2D eigenvalue weighted by Crippen LogP contribution is -2.15. The van der Waals surface area contributed by atoms with Crippen molar-refractivity contribution in [1.29, 1.82) is 0 Å². The molecule has 0 aliphatic rings. The predicted molar refractivity (Wildman–Crippen MR) is 115 cm³/mol. The summed E-state index contributed by atoms with van der Waals surface area (Å²) in [5.41, 5.74) is 2.20. The summed E-state index contributed by atoms with van der Waals surface area (Å²) >= 11 is 1.25. The number of non-ortho nitro benzene ring substituents is 1. The molecule has 3 aromatic rings. The fraction of sp³-hybridized carbons (Fsp3) is 0.250. The first-order valence-corrected chi connectivity index (χ1v) is 10.2. The molecule has 0 spiro atoms. The van der Waals surface area contributed by atoms with Crippen molar-refractivity contribution in [2.75, 3.05) is 18.2 Å². The highest BCUT2D eigenvalue weighted by molar-refractivity contribution is 7.99. The molecule has 9 nitrogen and oxygen atoms in total. The van der Waals surface area contributed by atoms with E-state index in [2.05, 4.69) is 15.5 Å². The molecular formula is C20H21N5O4S. The fourth-order valence-corrected chi connectivity index (χ4v) is 3.70. The Balaban J connectivity index is 1.73. The third-order valence-electron chi connectivity index (χ3n) is 4.31. The number of methoxy groups -OCH3 is 1. The van der Waals surface area contributed by atoms with Gasteiger partial charge < -0.3 is 14.6 Å². The molecule has 0 saturated heterocycles. The smallest absolute Gasteiger partial charge is 0.271 e. The Bertz CT molecular complexity index is 1080. The van der Waals surface area contributed by atoms with E-state index in [4.69, 9.17) is 4.74 Å². The number of aryl methyl sites for hydroxylation is 1. The number of nitro groups is 1. The molecule has 0 radical (unpaired) electrons. The Kier molecular flexibility index (Phi) is 6.68. The van der Waals surface area contributed by atoms with Crippen LogP contribution in [0.15, 0.2) is 47.6 Å². The van der Waals surface area contributed by atoms with Crippen LogP contribution in [0, 0.1) is 17.0 Å². The zero-order valence-corrected chi connectivity index (χ0v) is 17.6. The van der Waals surface area contributed by atoms with Crippen LogP contribution in [0.3, 0.4) is 0 Å². The van der Waals surface area contributed by atoms with Gasteiger partial charge in [0.25, 0.3) is 5.69 Å². The van der Waals surface area contributed by atoms with Crippen LogP contribution in [0.25, 0.3) is 11.4 Å². The number of carbonyl (C=O) groups excluding carboxylic acids is 1. The van der Waals surface area contributed by atoms with Gasteiger partial charge in [-0.3, -0.25) is 14.9 Å². The molecule has 0 aliphatic carbocycles. The standard InChI is InChI=1S/C20H21N5O4S/c1-4-24-19(14-7-5-6-13(2)10-14)22-23-20(24)30-12-18(26)21-16-11-15(25(27)28)8-9-17(16)29-3/h5-11H,4,12H2,1-3H3,(H,21,26). The minimum absolute atomic E-state index is 0.0673. The summed E-state index contributed by atoms with van der Waals surface area (Å²) in [6, 6.07) is 12.0. The first-order valence-electron chi connectivity index (χ1n) is 9.18. The van der Waals surface area contributed by atoms with Gasteiger partial charge in [-0.15, -0.1) is 10.2 Å². The molecule has 0 atom stereocenters. The number of nitro benzene ring substituents is 1. The Hall–Kier alpha value is -3.40. The molecule has 0 fully saturated rings. The van der Waals surface area contributed by atoms with Gasteiger partial charge in [0.2, 0.25) is 5.91 Å². The highest BCUT2D eigenvalue weighted by atomic mass is 32.2. The van der Waals surface area contributed by atoms with Gasteiger partial charge in [0.1, 0.15) is 5.75 Å². The van der Waals surface area contributed by atoms with E-state index in [1.54, 1.807) is 0 Å². The molecule has 0 saturated carbocycles. The van der Waals surface area contributed by atoms with E-state index >= 15 is 0 Å². The monoisotopic (exact) mass is 427 g/mol. The number of ether oxygens (including phenoxy) is 1. The minimum Gasteiger partial charge on any atom is -0.495 e. The Labute approximate surface area is 177 Å². The zero-order chi connectivity index (χ0) is 21.7. The van der Waals surface area contributed by atoms with Crippen molar-refractivity contribution in [3.8, 4) is 17.1 Å². The molecule has 0 unspecified atom stereocenters. The number of aromatic nitrogens is 3. The van der Waals surface area contributed by atoms with E-state index in [9.17, 15) is 14.9 Å². The maximum Gasteiger partial charge on any atom is 0.271 e. The van der Waals surface area contributed by atoms with Crippen LogP contribution in [0.4, 0.5) is 11.4 Å². The Morgan fingerprint density at radius 3 is 2.73 bits per heavy atom. The highest BCUT2D eigenvalue weighted by Gasteiger charge is 2.17. The van der Waals surface area contributed by atoms with Gasteiger partial charge in [0.05, 0.1) is 23.5 Å². The van der Waals surface area contributed by atoms with Gasteiger partial charge in [0, 0.05) is 24.2 Å². The first kappa shape index (κ1) is 21.3. The molecule has 3 rings (SSSR count). The number of nitrogens with zero attached hydrogens (tertiary/aromatic N) is 4. The number of carbonyl (C=O) groups is 1. The molecule has 0 aliphatic heterocycles. The second-order valence-electron chi connectivity index (χ2n) is 6.40. The largest absolute Gasteiger partial charge is 0.495 e. The first-order chi connectivity index (χ1) is 14.4. The molecule has 1 N–H and O–H groups in total. The molecule has 1 heterocycles. The summed E-state index contributed by atoms with van der Waals surface area (Å²) < 4.78 is 7.12. The average Bonchev–Trinajstić information content (AvgIpc) is 3.15. The Morgan fingerprint density at radius 1 is 1.27 bits per heavy atom. The van der Waals surface area contributed by atoms with E-state index in [1.807, 2.05) is 42.7 Å². The second-order valence-corrected chi connectivity index (χ2v) is 7.34. The Morgan fingerprint density at radius 2 is 2.07 bits per heavy atom. The third kappa shape index (κ3) is 4.77. The summed E-state index contributed by atoms with van der Waals surface area (Å²) in [6.07, 6.45) is 0. The van der Waals surface area contributed by atoms with Crippen LogP contribution in [0.1, 0.15) is 12.5 Å². The van der Waals surface area contributed by atoms with Crippen molar-refractivity contribution in [3.63, 3.8) is 0 Å². The molecule has 1 amide bonds. The number of rotatable bonds is 8. The molecule has 30 heavy (non-hydrogen) atoms. The third-order valence-corrected chi connectivity index (χ3v) is 5.28. The van der Waals surface area contributed by atoms with Crippen molar-refractivity contribution in [3.05, 3.63) is 58.1 Å². The summed E-state index contributed by atoms with van der Waals surface area (Å²) in [6.45, 7) is 4.65. The quantitative estimate of drug-likeness (QED) is 0.329. The number of benzene rings is 2. The number of thioether (sulfide) groups is 1. The van der Waals surface area contributed by atoms with Crippen molar-refractivity contribution < 1.29 is 14.5 Å². The van der Waals surface area contributed by atoms with Crippen molar-refractivity contribution >= 4 is 29.0 Å². The lowest BCUT2D eigenvalue weighted by molar-refractivity contribution is -0.384. The molecule has 1 aromatic heterocycles. The summed E-state index contributed by atoms with van der Waals surface area (Å²) in [5.74, 6) is 0.820. The number of hydrogen-bond donors (Lipinski definition) is 1. The SMILES string of the molecule is CCn1c(SCC(=O)Nc2cc([N+](=O)[O-])ccc2OC)nnc1-c1cccc(C)c1. The van der Waals surface area contributed by atoms with Gasteiger partial charge in [0.15, 0.2) is 11.0 Å². The van der Waals surface area contributed by atoms with Gasteiger partial charge in [-0.25, -0.2) is 0 Å². The summed E-state index contributed by atoms with van der Waals surface area (Å²) in [7, 11) is 1.43. The van der Waals surface area contributed by atoms with Gasteiger partial charge in [-0.1, -0.05) is 35.5 Å². The molecule has 0 bridgehead atoms. The highest BCUT2D eigenvalue weighted by Crippen LogP contribution is 2.29. The fourth-order valence-electron chi connectivity index (χ4n) is 2.90. The normalized spacial score (nSPS) is 10.6.